The van der Waals surface area contributed by atoms with Crippen molar-refractivity contribution in [2.45, 2.75) is 54.0 Å². The van der Waals surface area contributed by atoms with Gasteiger partial charge in [0.1, 0.15) is 0 Å². The Morgan fingerprint density at radius 2 is 1.50 bits per heavy atom. The molecule has 1 nitrogen and oxygen atoms in total. The fourth-order valence-corrected chi connectivity index (χ4v) is 3.94. The Labute approximate surface area is 125 Å². The summed E-state index contributed by atoms with van der Waals surface area (Å²) in [4.78, 5) is 0. The van der Waals surface area contributed by atoms with Gasteiger partial charge in [-0.3, -0.25) is 0 Å². The molecule has 0 bridgehead atoms. The molecule has 1 atom stereocenters. The smallest absolute Gasteiger partial charge is 0.0356 e. The van der Waals surface area contributed by atoms with Gasteiger partial charge in [-0.05, 0) is 47.3 Å². The van der Waals surface area contributed by atoms with E-state index in [4.69, 9.17) is 0 Å². The third-order valence-corrected chi connectivity index (χ3v) is 5.76. The summed E-state index contributed by atoms with van der Waals surface area (Å²) in [6, 6.07) is 9.73. The summed E-state index contributed by atoms with van der Waals surface area (Å²) in [6.07, 6.45) is 1.17. The van der Waals surface area contributed by atoms with E-state index in [0.29, 0.717) is 22.8 Å². The molecule has 0 spiro atoms. The van der Waals surface area contributed by atoms with Crippen molar-refractivity contribution >= 4 is 0 Å². The molecule has 1 aliphatic rings. The lowest BCUT2D eigenvalue weighted by atomic mass is 9.94. The second kappa shape index (κ2) is 5.18. The second-order valence-electron chi connectivity index (χ2n) is 8.03. The molecule has 1 heteroatoms. The van der Waals surface area contributed by atoms with Crippen molar-refractivity contribution in [3.8, 4) is 0 Å². The molecule has 1 aliphatic carbocycles. The van der Waals surface area contributed by atoms with Gasteiger partial charge in [-0.2, -0.15) is 0 Å². The average molecular weight is 273 g/mol. The van der Waals surface area contributed by atoms with Gasteiger partial charge in [0.15, 0.2) is 0 Å². The molecular weight excluding hydrogens is 242 g/mol. The molecule has 0 saturated heterocycles. The standard InChI is InChI=1S/C19H31N/c1-13(2)12-14-8-10-15(11-9-14)16(20-7)17-18(3,4)19(17,5)6/h8-11,13,16-17,20H,12H2,1-7H3. The van der Waals surface area contributed by atoms with Crippen LogP contribution in [0.4, 0.5) is 0 Å². The molecule has 0 aliphatic heterocycles. The van der Waals surface area contributed by atoms with Crippen LogP contribution in [0.5, 0.6) is 0 Å². The zero-order chi connectivity index (χ0) is 15.1. The lowest BCUT2D eigenvalue weighted by Crippen LogP contribution is -2.21. The van der Waals surface area contributed by atoms with E-state index in [9.17, 15) is 0 Å². The first kappa shape index (κ1) is 15.6. The predicted octanol–water partition coefficient (Wildman–Crippen LogP) is 4.83. The molecule has 1 aromatic carbocycles. The van der Waals surface area contributed by atoms with Crippen LogP contribution in [-0.4, -0.2) is 7.05 Å². The van der Waals surface area contributed by atoms with Gasteiger partial charge >= 0.3 is 0 Å². The molecule has 0 heterocycles. The number of benzene rings is 1. The summed E-state index contributed by atoms with van der Waals surface area (Å²) >= 11 is 0. The normalized spacial score (nSPS) is 22.0. The fraction of sp³-hybridized carbons (Fsp3) is 0.684. The molecule has 2 rings (SSSR count). The van der Waals surface area contributed by atoms with Crippen LogP contribution in [0, 0.1) is 22.7 Å². The lowest BCUT2D eigenvalue weighted by Gasteiger charge is -2.20. The summed E-state index contributed by atoms with van der Waals surface area (Å²) in [6.45, 7) is 14.1. The summed E-state index contributed by atoms with van der Waals surface area (Å²) in [7, 11) is 2.09. The van der Waals surface area contributed by atoms with Crippen LogP contribution in [0.25, 0.3) is 0 Å². The van der Waals surface area contributed by atoms with Crippen molar-refractivity contribution in [3.63, 3.8) is 0 Å². The molecule has 20 heavy (non-hydrogen) atoms. The molecule has 1 fully saturated rings. The summed E-state index contributed by atoms with van der Waals surface area (Å²) < 4.78 is 0. The van der Waals surface area contributed by atoms with Crippen LogP contribution in [0.3, 0.4) is 0 Å². The van der Waals surface area contributed by atoms with E-state index >= 15 is 0 Å². The largest absolute Gasteiger partial charge is 0.313 e. The SMILES string of the molecule is CNC(c1ccc(CC(C)C)cc1)C1C(C)(C)C1(C)C. The molecular formula is C19H31N. The first-order valence-corrected chi connectivity index (χ1v) is 7.98. The van der Waals surface area contributed by atoms with E-state index in [1.165, 1.54) is 17.5 Å². The highest BCUT2D eigenvalue weighted by molar-refractivity contribution is 5.30. The van der Waals surface area contributed by atoms with Gasteiger partial charge in [0.25, 0.3) is 0 Å². The van der Waals surface area contributed by atoms with Gasteiger partial charge in [0.05, 0.1) is 0 Å². The van der Waals surface area contributed by atoms with Crippen molar-refractivity contribution in [2.24, 2.45) is 22.7 Å². The molecule has 0 amide bonds. The summed E-state index contributed by atoms with van der Waals surface area (Å²) in [5, 5.41) is 3.55. The average Bonchev–Trinajstić information content (AvgIpc) is 2.74. The van der Waals surface area contributed by atoms with Crippen LogP contribution in [-0.2, 0) is 6.42 Å². The zero-order valence-corrected chi connectivity index (χ0v) is 14.2. The Balaban J connectivity index is 2.18. The summed E-state index contributed by atoms with van der Waals surface area (Å²) in [5.74, 6) is 1.43. The van der Waals surface area contributed by atoms with Crippen molar-refractivity contribution in [2.75, 3.05) is 7.05 Å². The molecule has 1 saturated carbocycles. The minimum Gasteiger partial charge on any atom is -0.313 e. The monoisotopic (exact) mass is 273 g/mol. The van der Waals surface area contributed by atoms with Crippen LogP contribution in [0.15, 0.2) is 24.3 Å². The highest BCUT2D eigenvalue weighted by atomic mass is 14.9. The topological polar surface area (TPSA) is 12.0 Å². The number of hydrogen-bond donors (Lipinski definition) is 1. The van der Waals surface area contributed by atoms with Gasteiger partial charge < -0.3 is 5.32 Å². The number of rotatable bonds is 5. The van der Waals surface area contributed by atoms with Gasteiger partial charge in [-0.15, -0.1) is 0 Å². The molecule has 0 radical (unpaired) electrons. The van der Waals surface area contributed by atoms with E-state index in [-0.39, 0.29) is 0 Å². The predicted molar refractivity (Wildman–Crippen MR) is 87.8 cm³/mol. The Kier molecular flexibility index (Phi) is 4.03. The number of hydrogen-bond acceptors (Lipinski definition) is 1. The van der Waals surface area contributed by atoms with Crippen molar-refractivity contribution in [3.05, 3.63) is 35.4 Å². The Morgan fingerprint density at radius 1 is 1.00 bits per heavy atom. The van der Waals surface area contributed by atoms with Crippen LogP contribution < -0.4 is 5.32 Å². The Hall–Kier alpha value is -0.820. The van der Waals surface area contributed by atoms with Gasteiger partial charge in [-0.25, -0.2) is 0 Å². The van der Waals surface area contributed by atoms with Crippen LogP contribution >= 0.6 is 0 Å². The van der Waals surface area contributed by atoms with E-state index in [1.54, 1.807) is 0 Å². The maximum absolute atomic E-state index is 3.55. The van der Waals surface area contributed by atoms with Gasteiger partial charge in [0, 0.05) is 6.04 Å². The van der Waals surface area contributed by atoms with E-state index in [1.807, 2.05) is 0 Å². The lowest BCUT2D eigenvalue weighted by molar-refractivity contribution is 0.438. The highest BCUT2D eigenvalue weighted by Crippen LogP contribution is 2.72. The molecule has 1 aromatic rings. The molecule has 112 valence electrons. The molecule has 0 aromatic heterocycles. The Bertz CT molecular complexity index is 439. The maximum Gasteiger partial charge on any atom is 0.0356 e. The third kappa shape index (κ3) is 2.53. The van der Waals surface area contributed by atoms with Crippen LogP contribution in [0.1, 0.15) is 58.7 Å². The maximum atomic E-state index is 3.55. The minimum absolute atomic E-state index is 0.414. The van der Waals surface area contributed by atoms with E-state index in [2.05, 4.69) is 78.2 Å². The quantitative estimate of drug-likeness (QED) is 0.810. The minimum atomic E-state index is 0.414. The fourth-order valence-electron chi connectivity index (χ4n) is 3.94. The van der Waals surface area contributed by atoms with Crippen molar-refractivity contribution < 1.29 is 0 Å². The van der Waals surface area contributed by atoms with Crippen molar-refractivity contribution in [1.82, 2.24) is 5.32 Å². The van der Waals surface area contributed by atoms with Crippen molar-refractivity contribution in [1.29, 1.82) is 0 Å². The first-order chi connectivity index (χ1) is 9.21. The van der Waals surface area contributed by atoms with E-state index in [0.717, 1.165) is 5.92 Å². The van der Waals surface area contributed by atoms with Gasteiger partial charge in [0.2, 0.25) is 0 Å². The Morgan fingerprint density at radius 3 is 1.85 bits per heavy atom. The van der Waals surface area contributed by atoms with Gasteiger partial charge in [-0.1, -0.05) is 65.8 Å². The second-order valence-corrected chi connectivity index (χ2v) is 8.03. The third-order valence-electron chi connectivity index (χ3n) is 5.76. The molecule has 1 N–H and O–H groups in total. The summed E-state index contributed by atoms with van der Waals surface area (Å²) in [5.41, 5.74) is 3.71. The molecule has 1 unspecified atom stereocenters. The van der Waals surface area contributed by atoms with Crippen LogP contribution in [0.2, 0.25) is 0 Å². The highest BCUT2D eigenvalue weighted by Gasteiger charge is 2.67. The number of nitrogens with one attached hydrogen (secondary N) is 1. The first-order valence-electron chi connectivity index (χ1n) is 7.98. The van der Waals surface area contributed by atoms with E-state index < -0.39 is 0 Å². The zero-order valence-electron chi connectivity index (χ0n) is 14.2.